The van der Waals surface area contributed by atoms with Crippen molar-refractivity contribution in [2.24, 2.45) is 0 Å². The van der Waals surface area contributed by atoms with E-state index in [0.717, 1.165) is 0 Å². The van der Waals surface area contributed by atoms with Crippen LogP contribution >= 0.6 is 30.4 Å². The van der Waals surface area contributed by atoms with Gasteiger partial charge in [0.25, 0.3) is 0 Å². The van der Waals surface area contributed by atoms with Crippen molar-refractivity contribution in [3.8, 4) is 0 Å². The molecule has 0 saturated carbocycles. The Hall–Kier alpha value is -4.08. The maximum absolute atomic E-state index is 14.4. The van der Waals surface area contributed by atoms with E-state index in [4.69, 9.17) is 0 Å². The molecule has 2 unspecified atom stereocenters. The predicted molar refractivity (Wildman–Crippen MR) is 239 cm³/mol. The number of rotatable bonds is 19. The van der Waals surface area contributed by atoms with E-state index in [2.05, 4.69) is 0 Å². The molecule has 2 atom stereocenters. The van der Waals surface area contributed by atoms with Crippen LogP contribution in [-0.4, -0.2) is 39.1 Å². The van der Waals surface area contributed by atoms with Gasteiger partial charge in [0.1, 0.15) is 10.3 Å². The predicted octanol–water partition coefficient (Wildman–Crippen LogP) is 9.72. The molecule has 0 aliphatic rings. The van der Waals surface area contributed by atoms with Crippen molar-refractivity contribution in [1.82, 2.24) is 0 Å². The molecule has 0 spiro atoms. The van der Waals surface area contributed by atoms with Crippen LogP contribution in [0.2, 0.25) is 0 Å². The number of hydrogen-bond donors (Lipinski definition) is 8. The summed E-state index contributed by atoms with van der Waals surface area (Å²) in [5.74, 6) is 0. The first-order valence-electron chi connectivity index (χ1n) is 19.8. The summed E-state index contributed by atoms with van der Waals surface area (Å²) in [6.45, 7) is 0. The highest BCUT2D eigenvalue weighted by Crippen LogP contribution is 2.72. The van der Waals surface area contributed by atoms with E-state index in [-0.39, 0.29) is 33.4 Å². The average Bonchev–Trinajstić information content (AvgIpc) is 3.24. The summed E-state index contributed by atoms with van der Waals surface area (Å²) in [4.78, 5) is 92.2. The molecule has 0 fully saturated rings. The first kappa shape index (κ1) is 47.4. The van der Waals surface area contributed by atoms with Gasteiger partial charge in [-0.15, -0.1) is 0 Å². The Morgan fingerprint density at radius 3 is 0.613 bits per heavy atom. The summed E-state index contributed by atoms with van der Waals surface area (Å²) >= 11 is 0. The second-order valence-electron chi connectivity index (χ2n) is 15.7. The van der Waals surface area contributed by atoms with Crippen molar-refractivity contribution < 1.29 is 57.4 Å². The largest absolute Gasteiger partial charge is 0.340 e. The Kier molecular flexibility index (Phi) is 14.2. The summed E-state index contributed by atoms with van der Waals surface area (Å²) < 4.78 is 56.9. The molecule has 16 heteroatoms. The lowest BCUT2D eigenvalue weighted by molar-refractivity contribution is 0.254. The minimum atomic E-state index is -5.48. The molecule has 0 aliphatic heterocycles. The number of benzene rings is 6. The van der Waals surface area contributed by atoms with Crippen molar-refractivity contribution in [2.75, 3.05) is 0 Å². The molecule has 326 valence electrons. The first-order chi connectivity index (χ1) is 29.3. The zero-order valence-electron chi connectivity index (χ0n) is 33.6. The van der Waals surface area contributed by atoms with E-state index < -0.39 is 89.5 Å². The quantitative estimate of drug-likeness (QED) is 0.0355. The van der Waals surface area contributed by atoms with E-state index in [1.807, 2.05) is 0 Å². The lowest BCUT2D eigenvalue weighted by Gasteiger charge is -2.44. The van der Waals surface area contributed by atoms with Crippen molar-refractivity contribution in [2.45, 2.75) is 59.1 Å². The SMILES string of the molecule is O=P(O)(O)C(CCC(CCC(c1ccccc1)(c1ccccc1)P(=O)(O)O)(c1ccccc1)P(=O)(O)O)(CCC(c1ccccc1)(c1ccccc1)P(=O)(O)O)c1ccccc1. The molecule has 0 saturated heterocycles. The van der Waals surface area contributed by atoms with Gasteiger partial charge in [-0.25, -0.2) is 0 Å². The Bertz CT molecular complexity index is 2320. The minimum absolute atomic E-state index is 0.0693. The van der Waals surface area contributed by atoms with Crippen molar-refractivity contribution >= 4 is 30.4 Å². The van der Waals surface area contributed by atoms with Gasteiger partial charge in [-0.05, 0) is 71.9 Å². The molecular formula is C46H50O12P4. The van der Waals surface area contributed by atoms with Crippen LogP contribution in [0.1, 0.15) is 71.9 Å². The maximum Gasteiger partial charge on any atom is 0.340 e. The molecule has 6 aromatic carbocycles. The van der Waals surface area contributed by atoms with E-state index in [1.165, 1.54) is 72.8 Å². The third kappa shape index (κ3) is 9.00. The van der Waals surface area contributed by atoms with Gasteiger partial charge in [-0.3, -0.25) is 18.3 Å². The fraction of sp³-hybridized carbons (Fsp3) is 0.217. The Morgan fingerprint density at radius 2 is 0.435 bits per heavy atom. The molecule has 0 heterocycles. The molecule has 62 heavy (non-hydrogen) atoms. The van der Waals surface area contributed by atoms with Crippen LogP contribution in [0.5, 0.6) is 0 Å². The molecular weight excluding hydrogens is 868 g/mol. The summed E-state index contributed by atoms with van der Waals surface area (Å²) in [6.07, 6.45) is -3.49. The lowest BCUT2D eigenvalue weighted by Crippen LogP contribution is -2.37. The van der Waals surface area contributed by atoms with Crippen LogP contribution in [0.4, 0.5) is 0 Å². The van der Waals surface area contributed by atoms with Gasteiger partial charge in [0, 0.05) is 0 Å². The van der Waals surface area contributed by atoms with Gasteiger partial charge in [-0.2, -0.15) is 0 Å². The number of hydrogen-bond acceptors (Lipinski definition) is 4. The van der Waals surface area contributed by atoms with E-state index in [0.29, 0.717) is 0 Å². The molecule has 6 rings (SSSR count). The lowest BCUT2D eigenvalue weighted by atomic mass is 9.77. The molecule has 0 aromatic heterocycles. The highest BCUT2D eigenvalue weighted by molar-refractivity contribution is 7.54. The third-order valence-electron chi connectivity index (χ3n) is 12.5. The third-order valence-corrected chi connectivity index (χ3v) is 19.6. The molecule has 0 aliphatic carbocycles. The van der Waals surface area contributed by atoms with Gasteiger partial charge in [-0.1, -0.05) is 182 Å². The maximum atomic E-state index is 14.4. The van der Waals surface area contributed by atoms with Crippen LogP contribution in [0, 0.1) is 0 Å². The van der Waals surface area contributed by atoms with E-state index >= 15 is 0 Å². The fourth-order valence-corrected chi connectivity index (χ4v) is 14.5. The van der Waals surface area contributed by atoms with Gasteiger partial charge in [0.05, 0.1) is 10.3 Å². The highest BCUT2D eigenvalue weighted by atomic mass is 31.2. The standard InChI is InChI=1S/C46H50O12P4/c47-59(48,49)43(37-19-7-1-8-20-37,33-35-45(61(53,54)55,39-23-11-3-12-24-39)40-25-13-4-14-26-40)31-32-44(60(50,51)52,38-21-9-2-10-22-38)34-36-46(62(56,57)58,41-27-15-5-16-28-41)42-29-17-6-18-30-42/h1-30H,31-36H2,(H2,47,48,49)(H2,50,51,52)(H2,53,54,55)(H2,56,57,58). The summed E-state index contributed by atoms with van der Waals surface area (Å²) in [6, 6.07) is 47.1. The highest BCUT2D eigenvalue weighted by Gasteiger charge is 2.59. The molecule has 0 bridgehead atoms. The smallest absolute Gasteiger partial charge is 0.324 e. The normalized spacial score (nSPS) is 15.0. The molecule has 6 aromatic rings. The van der Waals surface area contributed by atoms with Crippen molar-refractivity contribution in [3.05, 3.63) is 215 Å². The molecule has 0 radical (unpaired) electrons. The van der Waals surface area contributed by atoms with Crippen LogP contribution in [0.3, 0.4) is 0 Å². The molecule has 8 N–H and O–H groups in total. The Balaban J connectivity index is 1.57. The minimum Gasteiger partial charge on any atom is -0.324 e. The van der Waals surface area contributed by atoms with E-state index in [9.17, 15) is 57.4 Å². The molecule has 12 nitrogen and oxygen atoms in total. The van der Waals surface area contributed by atoms with Crippen molar-refractivity contribution in [1.29, 1.82) is 0 Å². The fourth-order valence-electron chi connectivity index (χ4n) is 9.16. The first-order valence-corrected chi connectivity index (χ1v) is 26.3. The zero-order chi connectivity index (χ0) is 44.9. The molecule has 0 amide bonds. The zero-order valence-corrected chi connectivity index (χ0v) is 37.1. The van der Waals surface area contributed by atoms with Crippen LogP contribution in [0.25, 0.3) is 0 Å². The monoisotopic (exact) mass is 918 g/mol. The summed E-state index contributed by atoms with van der Waals surface area (Å²) in [5, 5.41) is -8.88. The average molecular weight is 919 g/mol. The van der Waals surface area contributed by atoms with E-state index in [1.54, 1.807) is 109 Å². The van der Waals surface area contributed by atoms with Crippen LogP contribution in [-0.2, 0) is 38.9 Å². The Morgan fingerprint density at radius 1 is 0.258 bits per heavy atom. The van der Waals surface area contributed by atoms with Crippen molar-refractivity contribution in [3.63, 3.8) is 0 Å². The Labute approximate surface area is 361 Å². The second kappa shape index (κ2) is 18.6. The van der Waals surface area contributed by atoms with Crippen LogP contribution in [0.15, 0.2) is 182 Å². The summed E-state index contributed by atoms with van der Waals surface area (Å²) in [7, 11) is -21.5. The van der Waals surface area contributed by atoms with Gasteiger partial charge in [0.15, 0.2) is 0 Å². The summed E-state index contributed by atoms with van der Waals surface area (Å²) in [5.41, 5.74) is 0.904. The van der Waals surface area contributed by atoms with Gasteiger partial charge < -0.3 is 39.1 Å². The topological polar surface area (TPSA) is 230 Å². The second-order valence-corrected chi connectivity index (χ2v) is 23.2. The van der Waals surface area contributed by atoms with Crippen LogP contribution < -0.4 is 0 Å². The van der Waals surface area contributed by atoms with Gasteiger partial charge >= 0.3 is 30.4 Å². The van der Waals surface area contributed by atoms with Gasteiger partial charge in [0.2, 0.25) is 0 Å².